The summed E-state index contributed by atoms with van der Waals surface area (Å²) in [5.41, 5.74) is 8.37. The Kier molecular flexibility index (Phi) is 7.63. The third-order valence-corrected chi connectivity index (χ3v) is 10.5. The SMILES string of the molecule is CC(C)(C)c1ccc(-c2ccc(N(c3ccc(-c4ccc5c6ccccc6c6ccccc6c5c4F)cc3)c3cccc4ccccc34)cc2)cc1. The number of rotatable bonds is 5. The van der Waals surface area contributed by atoms with Gasteiger partial charge in [-0.25, -0.2) is 4.39 Å². The zero-order valence-corrected chi connectivity index (χ0v) is 29.6. The van der Waals surface area contributed by atoms with Gasteiger partial charge in [-0.05, 0) is 90.3 Å². The van der Waals surface area contributed by atoms with Gasteiger partial charge in [0.2, 0.25) is 0 Å². The minimum absolute atomic E-state index is 0.111. The fourth-order valence-corrected chi connectivity index (χ4v) is 7.76. The average Bonchev–Trinajstić information content (AvgIpc) is 3.18. The van der Waals surface area contributed by atoms with Gasteiger partial charge in [-0.3, -0.25) is 0 Å². The van der Waals surface area contributed by atoms with Crippen molar-refractivity contribution >= 4 is 60.2 Å². The number of benzene rings is 9. The van der Waals surface area contributed by atoms with E-state index in [0.29, 0.717) is 10.9 Å². The lowest BCUT2D eigenvalue weighted by Gasteiger charge is -2.27. The summed E-state index contributed by atoms with van der Waals surface area (Å²) in [6, 6.07) is 61.4. The van der Waals surface area contributed by atoms with Gasteiger partial charge in [0.15, 0.2) is 0 Å². The van der Waals surface area contributed by atoms with Crippen LogP contribution in [0.1, 0.15) is 26.3 Å². The fourth-order valence-electron chi connectivity index (χ4n) is 7.76. The van der Waals surface area contributed by atoms with E-state index in [1.54, 1.807) is 0 Å². The van der Waals surface area contributed by atoms with Crippen molar-refractivity contribution in [1.29, 1.82) is 0 Å². The van der Waals surface area contributed by atoms with Crippen LogP contribution in [-0.4, -0.2) is 0 Å². The summed E-state index contributed by atoms with van der Waals surface area (Å²) in [7, 11) is 0. The summed E-state index contributed by atoms with van der Waals surface area (Å²) in [5.74, 6) is -0.191. The van der Waals surface area contributed by atoms with Crippen LogP contribution in [0.2, 0.25) is 0 Å². The summed E-state index contributed by atoms with van der Waals surface area (Å²) in [6.45, 7) is 6.73. The van der Waals surface area contributed by atoms with E-state index in [4.69, 9.17) is 0 Å². The molecule has 0 spiro atoms. The molecule has 0 N–H and O–H groups in total. The van der Waals surface area contributed by atoms with E-state index in [1.165, 1.54) is 22.1 Å². The zero-order chi connectivity index (χ0) is 35.4. The molecule has 0 aliphatic carbocycles. The highest BCUT2D eigenvalue weighted by Crippen LogP contribution is 2.42. The fraction of sp³-hybridized carbons (Fsp3) is 0.0800. The van der Waals surface area contributed by atoms with Crippen molar-refractivity contribution in [2.75, 3.05) is 4.90 Å². The first-order chi connectivity index (χ1) is 25.3. The van der Waals surface area contributed by atoms with Gasteiger partial charge in [0.25, 0.3) is 0 Å². The molecule has 0 aliphatic heterocycles. The van der Waals surface area contributed by atoms with Crippen LogP contribution < -0.4 is 4.90 Å². The van der Waals surface area contributed by atoms with E-state index in [9.17, 15) is 0 Å². The van der Waals surface area contributed by atoms with E-state index in [2.05, 4.69) is 153 Å². The third kappa shape index (κ3) is 5.39. The molecule has 9 aromatic carbocycles. The molecule has 0 amide bonds. The second-order valence-corrected chi connectivity index (χ2v) is 14.7. The van der Waals surface area contributed by atoms with E-state index in [0.717, 1.165) is 54.9 Å². The van der Waals surface area contributed by atoms with Crippen molar-refractivity contribution in [2.24, 2.45) is 0 Å². The van der Waals surface area contributed by atoms with Crippen LogP contribution in [0.5, 0.6) is 0 Å². The second kappa shape index (κ2) is 12.5. The van der Waals surface area contributed by atoms with E-state index in [-0.39, 0.29) is 11.2 Å². The van der Waals surface area contributed by atoms with Crippen molar-refractivity contribution in [1.82, 2.24) is 0 Å². The molecular formula is C50H38FN. The predicted molar refractivity (Wildman–Crippen MR) is 221 cm³/mol. The predicted octanol–water partition coefficient (Wildman–Crippen LogP) is 14.5. The number of fused-ring (bicyclic) bond motifs is 7. The summed E-state index contributed by atoms with van der Waals surface area (Å²) < 4.78 is 16.8. The van der Waals surface area contributed by atoms with E-state index in [1.807, 2.05) is 48.5 Å². The Balaban J connectivity index is 1.15. The van der Waals surface area contributed by atoms with Gasteiger partial charge >= 0.3 is 0 Å². The summed E-state index contributed by atoms with van der Waals surface area (Å²) >= 11 is 0. The molecule has 0 aliphatic rings. The van der Waals surface area contributed by atoms with Crippen LogP contribution >= 0.6 is 0 Å². The first-order valence-electron chi connectivity index (χ1n) is 18.0. The molecule has 1 nitrogen and oxygen atoms in total. The maximum absolute atomic E-state index is 16.8. The number of hydrogen-bond donors (Lipinski definition) is 0. The lowest BCUT2D eigenvalue weighted by atomic mass is 9.86. The Labute approximate surface area is 304 Å². The number of halogens is 1. The van der Waals surface area contributed by atoms with E-state index >= 15 is 4.39 Å². The molecule has 250 valence electrons. The first-order valence-corrected chi connectivity index (χ1v) is 18.0. The highest BCUT2D eigenvalue weighted by atomic mass is 19.1. The smallest absolute Gasteiger partial charge is 0.139 e. The number of anilines is 3. The molecule has 0 fully saturated rings. The van der Waals surface area contributed by atoms with Crippen molar-refractivity contribution in [3.8, 4) is 22.3 Å². The van der Waals surface area contributed by atoms with Gasteiger partial charge in [0.05, 0.1) is 5.69 Å². The van der Waals surface area contributed by atoms with Crippen LogP contribution in [0.25, 0.3) is 65.3 Å². The molecule has 0 unspecified atom stereocenters. The van der Waals surface area contributed by atoms with E-state index < -0.39 is 0 Å². The molecule has 0 heterocycles. The van der Waals surface area contributed by atoms with Crippen LogP contribution in [0, 0.1) is 5.82 Å². The van der Waals surface area contributed by atoms with Crippen LogP contribution in [0.15, 0.2) is 176 Å². The van der Waals surface area contributed by atoms with Crippen LogP contribution in [0.3, 0.4) is 0 Å². The second-order valence-electron chi connectivity index (χ2n) is 14.7. The lowest BCUT2D eigenvalue weighted by molar-refractivity contribution is 0.590. The average molecular weight is 672 g/mol. The largest absolute Gasteiger partial charge is 0.310 e. The van der Waals surface area contributed by atoms with Gasteiger partial charge in [-0.2, -0.15) is 0 Å². The molecule has 0 aromatic heterocycles. The van der Waals surface area contributed by atoms with Crippen molar-refractivity contribution in [3.05, 3.63) is 187 Å². The molecule has 0 saturated heterocycles. The zero-order valence-electron chi connectivity index (χ0n) is 29.6. The molecule has 2 heteroatoms. The van der Waals surface area contributed by atoms with Crippen molar-refractivity contribution < 1.29 is 4.39 Å². The van der Waals surface area contributed by atoms with Crippen molar-refractivity contribution in [3.63, 3.8) is 0 Å². The highest BCUT2D eigenvalue weighted by molar-refractivity contribution is 6.26. The Morgan fingerprint density at radius 2 is 0.865 bits per heavy atom. The molecule has 9 rings (SSSR count). The van der Waals surface area contributed by atoms with Gasteiger partial charge in [-0.1, -0.05) is 166 Å². The van der Waals surface area contributed by atoms with Gasteiger partial charge in [0, 0.05) is 27.7 Å². The standard InChI is InChI=1S/C50H38FN/c1-50(2,3)37-25-19-33(20-26-37)34-21-27-38(28-22-34)52(47-18-10-12-35-11-4-5-13-40(35)47)39-29-23-36(24-30-39)41-31-32-46-44-16-7-6-14-42(44)43-15-8-9-17-45(43)48(46)49(41)51/h4-32H,1-3H3. The number of hydrogen-bond acceptors (Lipinski definition) is 1. The van der Waals surface area contributed by atoms with Gasteiger partial charge in [0.1, 0.15) is 5.82 Å². The maximum atomic E-state index is 16.8. The quantitative estimate of drug-likeness (QED) is 0.165. The first kappa shape index (κ1) is 31.7. The number of nitrogens with zero attached hydrogens (tertiary/aromatic N) is 1. The molecule has 0 atom stereocenters. The molecule has 52 heavy (non-hydrogen) atoms. The van der Waals surface area contributed by atoms with Crippen LogP contribution in [0.4, 0.5) is 21.5 Å². The third-order valence-electron chi connectivity index (χ3n) is 10.5. The topological polar surface area (TPSA) is 3.24 Å². The summed E-state index contributed by atoms with van der Waals surface area (Å²) in [4.78, 5) is 2.30. The highest BCUT2D eigenvalue weighted by Gasteiger charge is 2.19. The molecule has 0 saturated carbocycles. The summed E-state index contributed by atoms with van der Waals surface area (Å²) in [5, 5.41) is 8.14. The van der Waals surface area contributed by atoms with Crippen LogP contribution in [-0.2, 0) is 5.41 Å². The molecular weight excluding hydrogens is 634 g/mol. The van der Waals surface area contributed by atoms with Gasteiger partial charge in [-0.15, -0.1) is 0 Å². The Bertz CT molecular complexity index is 2710. The minimum atomic E-state index is -0.191. The Morgan fingerprint density at radius 3 is 1.46 bits per heavy atom. The molecule has 0 radical (unpaired) electrons. The summed E-state index contributed by atoms with van der Waals surface area (Å²) in [6.07, 6.45) is 0. The monoisotopic (exact) mass is 671 g/mol. The van der Waals surface area contributed by atoms with Gasteiger partial charge < -0.3 is 4.90 Å². The normalized spacial score (nSPS) is 11.8. The Hall–Kier alpha value is -6.25. The maximum Gasteiger partial charge on any atom is 0.139 e. The van der Waals surface area contributed by atoms with Crippen molar-refractivity contribution in [2.45, 2.75) is 26.2 Å². The lowest BCUT2D eigenvalue weighted by Crippen LogP contribution is -2.10. The minimum Gasteiger partial charge on any atom is -0.310 e. The molecule has 9 aromatic rings. The molecule has 0 bridgehead atoms. The Morgan fingerprint density at radius 1 is 0.404 bits per heavy atom.